The van der Waals surface area contributed by atoms with Gasteiger partial charge in [-0.1, -0.05) is 0 Å². The fourth-order valence-electron chi connectivity index (χ4n) is 1.32. The highest BCUT2D eigenvalue weighted by Gasteiger charge is 2.00. The maximum atomic E-state index is 5.35. The molecule has 0 atom stereocenters. The molecule has 1 N–H and O–H groups in total. The molecule has 0 saturated heterocycles. The monoisotopic (exact) mass is 233 g/mol. The van der Waals surface area contributed by atoms with Crippen LogP contribution < -0.4 is 4.90 Å². The van der Waals surface area contributed by atoms with Crippen molar-refractivity contribution in [1.29, 1.82) is 0 Å². The fourth-order valence-corrected chi connectivity index (χ4v) is 1.32. The molecule has 0 aromatic heterocycles. The summed E-state index contributed by atoms with van der Waals surface area (Å²) in [7, 11) is 0. The quantitative estimate of drug-likeness (QED) is 0.384. The third-order valence-electron chi connectivity index (χ3n) is 2.24. The van der Waals surface area contributed by atoms with Crippen LogP contribution in [0.4, 0.5) is 0 Å². The normalized spacial score (nSPS) is 11.2. The van der Waals surface area contributed by atoms with Gasteiger partial charge in [0.1, 0.15) is 0 Å². The SMILES string of the molecule is CCOC[CH-][NH+](CCOCC)CCOCC. The highest BCUT2D eigenvalue weighted by Crippen LogP contribution is 1.75. The van der Waals surface area contributed by atoms with Gasteiger partial charge in [0.15, 0.2) is 0 Å². The van der Waals surface area contributed by atoms with E-state index in [9.17, 15) is 0 Å². The average Bonchev–Trinajstić information content (AvgIpc) is 2.29. The van der Waals surface area contributed by atoms with Gasteiger partial charge in [0.05, 0.1) is 26.3 Å². The Balaban J connectivity index is 3.58. The van der Waals surface area contributed by atoms with Crippen molar-refractivity contribution in [2.45, 2.75) is 20.8 Å². The summed E-state index contributed by atoms with van der Waals surface area (Å²) in [5.41, 5.74) is 0. The molecular weight excluding hydrogens is 206 g/mol. The average molecular weight is 233 g/mol. The van der Waals surface area contributed by atoms with Crippen LogP contribution in [-0.2, 0) is 14.2 Å². The van der Waals surface area contributed by atoms with Gasteiger partial charge in [-0.3, -0.25) is 0 Å². The maximum Gasteiger partial charge on any atom is 0.0934 e. The summed E-state index contributed by atoms with van der Waals surface area (Å²) in [4.78, 5) is 1.37. The van der Waals surface area contributed by atoms with Crippen LogP contribution in [-0.4, -0.2) is 52.7 Å². The smallest absolute Gasteiger partial charge is 0.0934 e. The van der Waals surface area contributed by atoms with Crippen LogP contribution >= 0.6 is 0 Å². The molecule has 0 saturated carbocycles. The van der Waals surface area contributed by atoms with Crippen LogP contribution in [0.3, 0.4) is 0 Å². The third-order valence-corrected chi connectivity index (χ3v) is 2.24. The summed E-state index contributed by atoms with van der Waals surface area (Å²) in [6.07, 6.45) is 0. The van der Waals surface area contributed by atoms with E-state index in [0.29, 0.717) is 6.61 Å². The zero-order valence-corrected chi connectivity index (χ0v) is 11.0. The summed E-state index contributed by atoms with van der Waals surface area (Å²) < 4.78 is 16.0. The fraction of sp³-hybridized carbons (Fsp3) is 0.917. The summed E-state index contributed by atoms with van der Waals surface area (Å²) in [5.74, 6) is 0. The summed E-state index contributed by atoms with van der Waals surface area (Å²) in [5, 5.41) is 0. The third kappa shape index (κ3) is 10.4. The van der Waals surface area contributed by atoms with E-state index in [4.69, 9.17) is 14.2 Å². The minimum atomic E-state index is 0.698. The molecule has 0 heterocycles. The van der Waals surface area contributed by atoms with Crippen molar-refractivity contribution in [2.24, 2.45) is 0 Å². The van der Waals surface area contributed by atoms with E-state index in [-0.39, 0.29) is 0 Å². The molecule has 0 amide bonds. The predicted octanol–water partition coefficient (Wildman–Crippen LogP) is 0.143. The first-order valence-electron chi connectivity index (χ1n) is 6.26. The lowest BCUT2D eigenvalue weighted by atomic mass is 10.4. The lowest BCUT2D eigenvalue weighted by Gasteiger charge is -2.27. The first-order chi connectivity index (χ1) is 7.85. The summed E-state index contributed by atoms with van der Waals surface area (Å²) in [6, 6.07) is 0. The molecular formula is C12H27NO3. The minimum absolute atomic E-state index is 0.698. The Bertz CT molecular complexity index is 110. The highest BCUT2D eigenvalue weighted by molar-refractivity contribution is 4.46. The Morgan fingerprint density at radius 2 is 1.31 bits per heavy atom. The molecule has 0 aliphatic rings. The molecule has 0 aromatic rings. The van der Waals surface area contributed by atoms with Gasteiger partial charge in [0.2, 0.25) is 0 Å². The number of hydrogen-bond acceptors (Lipinski definition) is 3. The molecule has 0 spiro atoms. The van der Waals surface area contributed by atoms with Gasteiger partial charge in [-0.25, -0.2) is 0 Å². The summed E-state index contributed by atoms with van der Waals surface area (Å²) >= 11 is 0. The van der Waals surface area contributed by atoms with E-state index in [1.807, 2.05) is 20.8 Å². The molecule has 98 valence electrons. The first-order valence-corrected chi connectivity index (χ1v) is 6.26. The summed E-state index contributed by atoms with van der Waals surface area (Å²) in [6.45, 7) is 14.8. The zero-order chi connectivity index (χ0) is 12.1. The predicted molar refractivity (Wildman–Crippen MR) is 64.5 cm³/mol. The Labute approximate surface area is 99.9 Å². The number of rotatable bonds is 12. The molecule has 0 unspecified atom stereocenters. The standard InChI is InChI=1S/C12H27NO3/c1-4-14-10-7-13(8-11-15-5-2)9-12-16-6-3/h7,13H,4-6,8-12H2,1-3H3. The molecule has 0 aliphatic carbocycles. The number of ether oxygens (including phenoxy) is 3. The van der Waals surface area contributed by atoms with Gasteiger partial charge in [-0.15, -0.1) is 6.54 Å². The maximum absolute atomic E-state index is 5.35. The van der Waals surface area contributed by atoms with E-state index in [0.717, 1.165) is 46.1 Å². The van der Waals surface area contributed by atoms with Crippen molar-refractivity contribution in [3.05, 3.63) is 6.54 Å². The van der Waals surface area contributed by atoms with Gasteiger partial charge < -0.3 is 19.1 Å². The number of quaternary nitrogens is 1. The largest absolute Gasteiger partial charge is 0.460 e. The van der Waals surface area contributed by atoms with Crippen molar-refractivity contribution in [3.63, 3.8) is 0 Å². The van der Waals surface area contributed by atoms with Crippen molar-refractivity contribution in [3.8, 4) is 0 Å². The molecule has 0 aliphatic heterocycles. The van der Waals surface area contributed by atoms with E-state index in [1.54, 1.807) is 0 Å². The molecule has 4 nitrogen and oxygen atoms in total. The van der Waals surface area contributed by atoms with Crippen LogP contribution in [0, 0.1) is 6.54 Å². The van der Waals surface area contributed by atoms with Crippen LogP contribution in [0.25, 0.3) is 0 Å². The second-order valence-corrected chi connectivity index (χ2v) is 3.42. The molecule has 0 bridgehead atoms. The van der Waals surface area contributed by atoms with Crippen molar-refractivity contribution in [2.75, 3.05) is 52.7 Å². The van der Waals surface area contributed by atoms with Crippen LogP contribution in [0.2, 0.25) is 0 Å². The van der Waals surface area contributed by atoms with Crippen LogP contribution in [0.1, 0.15) is 20.8 Å². The molecule has 4 heteroatoms. The zero-order valence-electron chi connectivity index (χ0n) is 11.0. The second-order valence-electron chi connectivity index (χ2n) is 3.42. The molecule has 0 fully saturated rings. The molecule has 0 radical (unpaired) electrons. The van der Waals surface area contributed by atoms with Gasteiger partial charge in [-0.2, -0.15) is 0 Å². The van der Waals surface area contributed by atoms with Gasteiger partial charge >= 0.3 is 0 Å². The number of nitrogens with one attached hydrogen (secondary N) is 1. The van der Waals surface area contributed by atoms with E-state index < -0.39 is 0 Å². The van der Waals surface area contributed by atoms with Crippen molar-refractivity contribution in [1.82, 2.24) is 0 Å². The Morgan fingerprint density at radius 3 is 1.75 bits per heavy atom. The van der Waals surface area contributed by atoms with E-state index >= 15 is 0 Å². The molecule has 16 heavy (non-hydrogen) atoms. The van der Waals surface area contributed by atoms with Gasteiger partial charge in [0, 0.05) is 19.8 Å². The Kier molecular flexibility index (Phi) is 12.8. The minimum Gasteiger partial charge on any atom is -0.460 e. The topological polar surface area (TPSA) is 32.1 Å². The molecule has 0 rings (SSSR count). The lowest BCUT2D eigenvalue weighted by Crippen LogP contribution is -3.11. The molecule has 0 aromatic carbocycles. The van der Waals surface area contributed by atoms with Crippen LogP contribution in [0.15, 0.2) is 0 Å². The highest BCUT2D eigenvalue weighted by atomic mass is 16.5. The van der Waals surface area contributed by atoms with Crippen molar-refractivity contribution >= 4 is 0 Å². The van der Waals surface area contributed by atoms with E-state index in [2.05, 4.69) is 6.54 Å². The number of hydrogen-bond donors (Lipinski definition) is 1. The van der Waals surface area contributed by atoms with E-state index in [1.165, 1.54) is 4.90 Å². The Hall–Kier alpha value is -0.160. The first kappa shape index (κ1) is 15.8. The van der Waals surface area contributed by atoms with Gasteiger partial charge in [0.25, 0.3) is 0 Å². The lowest BCUT2D eigenvalue weighted by molar-refractivity contribution is -0.871. The van der Waals surface area contributed by atoms with Crippen molar-refractivity contribution < 1.29 is 19.1 Å². The Morgan fingerprint density at radius 1 is 0.812 bits per heavy atom. The second kappa shape index (κ2) is 12.9. The van der Waals surface area contributed by atoms with Crippen LogP contribution in [0.5, 0.6) is 0 Å². The van der Waals surface area contributed by atoms with Gasteiger partial charge in [-0.05, 0) is 27.4 Å².